The molecule has 0 aliphatic rings. The summed E-state index contributed by atoms with van der Waals surface area (Å²) in [5.41, 5.74) is 0. The van der Waals surface area contributed by atoms with Crippen molar-refractivity contribution in [1.82, 2.24) is 0 Å². The molecule has 0 saturated carbocycles. The largest absolute Gasteiger partial charge is 0.393 e. The number of aliphatic hydroxyl groups excluding tert-OH is 1. The van der Waals surface area contributed by atoms with Gasteiger partial charge in [-0.15, -0.1) is 0 Å². The van der Waals surface area contributed by atoms with Gasteiger partial charge in [0.2, 0.25) is 0 Å². The molecule has 2 unspecified atom stereocenters. The summed E-state index contributed by atoms with van der Waals surface area (Å²) in [6.07, 6.45) is 21.6. The lowest BCUT2D eigenvalue weighted by molar-refractivity contribution is 0.147. The Morgan fingerprint density at radius 3 is 1.31 bits per heavy atom. The molecule has 0 heterocycles. The highest BCUT2D eigenvalue weighted by Gasteiger charge is 2.21. The molecule has 0 spiro atoms. The monoisotopic (exact) mass is 434 g/mol. The summed E-state index contributed by atoms with van der Waals surface area (Å²) >= 11 is 0. The zero-order chi connectivity index (χ0) is 21.8. The van der Waals surface area contributed by atoms with E-state index in [1.165, 1.54) is 57.8 Å². The van der Waals surface area contributed by atoms with Gasteiger partial charge >= 0.3 is 0 Å². The quantitative estimate of drug-likeness (QED) is 0.137. The highest BCUT2D eigenvalue weighted by Crippen LogP contribution is 2.18. The number of hydrogen-bond acceptors (Lipinski definition) is 3. The van der Waals surface area contributed by atoms with E-state index in [1.807, 2.05) is 6.92 Å². The molecule has 0 saturated heterocycles. The number of hydrogen-bond donors (Lipinski definition) is 2. The summed E-state index contributed by atoms with van der Waals surface area (Å²) < 4.78 is 32.1. The highest BCUT2D eigenvalue weighted by atomic mass is 32.2. The van der Waals surface area contributed by atoms with E-state index in [-0.39, 0.29) is 6.10 Å². The molecule has 5 heteroatoms. The van der Waals surface area contributed by atoms with Crippen molar-refractivity contribution in [3.63, 3.8) is 0 Å². The van der Waals surface area contributed by atoms with Crippen molar-refractivity contribution in [2.45, 2.75) is 154 Å². The van der Waals surface area contributed by atoms with E-state index in [0.29, 0.717) is 12.8 Å². The molecular weight excluding hydrogens is 384 g/mol. The van der Waals surface area contributed by atoms with Gasteiger partial charge in [0.1, 0.15) is 0 Å². The summed E-state index contributed by atoms with van der Waals surface area (Å²) in [5, 5.41) is 9.50. The average Bonchev–Trinajstić information content (AvgIpc) is 2.67. The lowest BCUT2D eigenvalue weighted by atomic mass is 10.0. The minimum absolute atomic E-state index is 0.119. The van der Waals surface area contributed by atoms with Crippen LogP contribution in [-0.4, -0.2) is 29.4 Å². The van der Waals surface area contributed by atoms with Crippen molar-refractivity contribution in [3.8, 4) is 0 Å². The predicted octanol–water partition coefficient (Wildman–Crippen LogP) is 7.45. The molecule has 4 nitrogen and oxygen atoms in total. The lowest BCUT2D eigenvalue weighted by Gasteiger charge is -2.13. The molecule has 0 fully saturated rings. The first-order valence-corrected chi connectivity index (χ1v) is 14.1. The Bertz CT molecular complexity index is 436. The van der Waals surface area contributed by atoms with Crippen LogP contribution >= 0.6 is 0 Å². The average molecular weight is 435 g/mol. The fraction of sp³-hybridized carbons (Fsp3) is 1.00. The third-order valence-electron chi connectivity index (χ3n) is 6.01. The van der Waals surface area contributed by atoms with E-state index in [0.717, 1.165) is 57.8 Å². The van der Waals surface area contributed by atoms with Gasteiger partial charge in [-0.05, 0) is 25.7 Å². The Kier molecular flexibility index (Phi) is 19.7. The second-order valence-electron chi connectivity index (χ2n) is 8.90. The summed E-state index contributed by atoms with van der Waals surface area (Å²) in [5.74, 6) is 0. The summed E-state index contributed by atoms with van der Waals surface area (Å²) in [7, 11) is -3.89. The third kappa shape index (κ3) is 19.6. The first kappa shape index (κ1) is 28.9. The van der Waals surface area contributed by atoms with E-state index in [1.54, 1.807) is 0 Å². The SMILES string of the molecule is CCCCCCCCCC(O)CCCCCCCCCC(CCCC)S(=O)(=O)O. The normalized spacial score (nSPS) is 14.2. The summed E-state index contributed by atoms with van der Waals surface area (Å²) in [4.78, 5) is 0. The van der Waals surface area contributed by atoms with Crippen LogP contribution in [0.1, 0.15) is 142 Å². The van der Waals surface area contributed by atoms with Crippen molar-refractivity contribution >= 4 is 10.1 Å². The fourth-order valence-electron chi connectivity index (χ4n) is 3.99. The van der Waals surface area contributed by atoms with Gasteiger partial charge in [0.25, 0.3) is 10.1 Å². The second-order valence-corrected chi connectivity index (χ2v) is 10.6. The third-order valence-corrected chi connectivity index (χ3v) is 7.32. The second kappa shape index (κ2) is 19.8. The highest BCUT2D eigenvalue weighted by molar-refractivity contribution is 7.86. The maximum atomic E-state index is 11.4. The van der Waals surface area contributed by atoms with Crippen molar-refractivity contribution in [2.24, 2.45) is 0 Å². The van der Waals surface area contributed by atoms with Gasteiger partial charge in [0.15, 0.2) is 0 Å². The molecule has 0 rings (SSSR count). The molecule has 0 aliphatic heterocycles. The molecule has 176 valence electrons. The standard InChI is InChI=1S/C24H50O4S/c1-3-5-7-8-10-13-16-19-23(25)20-17-14-11-9-12-15-18-22-24(21-6-4-2)29(26,27)28/h23-25H,3-22H2,1-2H3,(H,26,27,28). The van der Waals surface area contributed by atoms with Crippen LogP contribution in [-0.2, 0) is 10.1 Å². The minimum Gasteiger partial charge on any atom is -0.393 e. The maximum Gasteiger partial charge on any atom is 0.267 e. The van der Waals surface area contributed by atoms with Crippen molar-refractivity contribution in [3.05, 3.63) is 0 Å². The molecular formula is C24H50O4S. The molecule has 2 atom stereocenters. The predicted molar refractivity (Wildman–Crippen MR) is 125 cm³/mol. The molecule has 29 heavy (non-hydrogen) atoms. The van der Waals surface area contributed by atoms with Crippen LogP contribution in [0.5, 0.6) is 0 Å². The van der Waals surface area contributed by atoms with Crippen LogP contribution in [0.3, 0.4) is 0 Å². The van der Waals surface area contributed by atoms with E-state index >= 15 is 0 Å². The molecule has 0 bridgehead atoms. The zero-order valence-corrected chi connectivity index (χ0v) is 20.2. The Hall–Kier alpha value is -0.130. The van der Waals surface area contributed by atoms with E-state index in [2.05, 4.69) is 6.92 Å². The van der Waals surface area contributed by atoms with Gasteiger partial charge in [0, 0.05) is 0 Å². The van der Waals surface area contributed by atoms with Gasteiger partial charge in [-0.1, -0.05) is 117 Å². The molecule has 0 aromatic rings. The van der Waals surface area contributed by atoms with Gasteiger partial charge in [-0.3, -0.25) is 4.55 Å². The number of aliphatic hydroxyl groups is 1. The molecule has 0 amide bonds. The van der Waals surface area contributed by atoms with Crippen LogP contribution in [0, 0.1) is 0 Å². The van der Waals surface area contributed by atoms with E-state index in [4.69, 9.17) is 0 Å². The maximum absolute atomic E-state index is 11.4. The first-order chi connectivity index (χ1) is 13.9. The Morgan fingerprint density at radius 2 is 0.897 bits per heavy atom. The van der Waals surface area contributed by atoms with Crippen LogP contribution in [0.2, 0.25) is 0 Å². The minimum atomic E-state index is -3.89. The molecule has 0 radical (unpaired) electrons. The van der Waals surface area contributed by atoms with Gasteiger partial charge in [0.05, 0.1) is 11.4 Å². The lowest BCUT2D eigenvalue weighted by Crippen LogP contribution is -2.20. The molecule has 0 aromatic heterocycles. The molecule has 2 N–H and O–H groups in total. The van der Waals surface area contributed by atoms with Crippen LogP contribution in [0.4, 0.5) is 0 Å². The zero-order valence-electron chi connectivity index (χ0n) is 19.4. The summed E-state index contributed by atoms with van der Waals surface area (Å²) in [6.45, 7) is 4.28. The molecule has 0 aliphatic carbocycles. The Morgan fingerprint density at radius 1 is 0.552 bits per heavy atom. The molecule has 0 aromatic carbocycles. The van der Waals surface area contributed by atoms with Crippen LogP contribution < -0.4 is 0 Å². The summed E-state index contributed by atoms with van der Waals surface area (Å²) in [6, 6.07) is 0. The number of unbranched alkanes of at least 4 members (excludes halogenated alkanes) is 13. The van der Waals surface area contributed by atoms with Crippen LogP contribution in [0.15, 0.2) is 0 Å². The Balaban J connectivity index is 3.47. The topological polar surface area (TPSA) is 74.6 Å². The van der Waals surface area contributed by atoms with E-state index in [9.17, 15) is 18.1 Å². The van der Waals surface area contributed by atoms with Crippen molar-refractivity contribution in [2.75, 3.05) is 0 Å². The number of rotatable bonds is 22. The smallest absolute Gasteiger partial charge is 0.267 e. The fourth-order valence-corrected chi connectivity index (χ4v) is 4.92. The first-order valence-electron chi connectivity index (χ1n) is 12.6. The van der Waals surface area contributed by atoms with Gasteiger partial charge in [-0.25, -0.2) is 0 Å². The van der Waals surface area contributed by atoms with Gasteiger partial charge in [-0.2, -0.15) is 8.42 Å². The Labute approximate surface area is 182 Å². The van der Waals surface area contributed by atoms with E-state index < -0.39 is 15.4 Å². The van der Waals surface area contributed by atoms with Gasteiger partial charge < -0.3 is 5.11 Å². The van der Waals surface area contributed by atoms with Crippen molar-refractivity contribution < 1.29 is 18.1 Å². The van der Waals surface area contributed by atoms with Crippen LogP contribution in [0.25, 0.3) is 0 Å². The van der Waals surface area contributed by atoms with Crippen molar-refractivity contribution in [1.29, 1.82) is 0 Å².